The molecule has 20 heavy (non-hydrogen) atoms. The van der Waals surface area contributed by atoms with Crippen LogP contribution in [0.3, 0.4) is 0 Å². The second-order valence-corrected chi connectivity index (χ2v) is 7.69. The molecule has 0 amide bonds. The second-order valence-electron chi connectivity index (χ2n) is 7.33. The molecule has 2 rings (SSSR count). The fourth-order valence-electron chi connectivity index (χ4n) is 2.28. The van der Waals surface area contributed by atoms with Gasteiger partial charge in [-0.25, -0.2) is 9.97 Å². The number of hydrogen-bond donors (Lipinski definition) is 2. The number of halogens is 1. The van der Waals surface area contributed by atoms with E-state index in [-0.39, 0.29) is 23.0 Å². The van der Waals surface area contributed by atoms with E-state index in [2.05, 4.69) is 49.9 Å². The highest BCUT2D eigenvalue weighted by Gasteiger charge is 2.47. The topological polar surface area (TPSA) is 58.0 Å². The van der Waals surface area contributed by atoms with Gasteiger partial charge in [0.2, 0.25) is 0 Å². The van der Waals surface area contributed by atoms with E-state index in [1.165, 1.54) is 0 Å². The zero-order chi connectivity index (χ0) is 15.3. The number of anilines is 1. The van der Waals surface area contributed by atoms with Crippen molar-refractivity contribution in [1.29, 1.82) is 0 Å². The largest absolute Gasteiger partial charge is 0.392 e. The molecule has 1 aromatic heterocycles. The molecule has 0 bridgehead atoms. The highest BCUT2D eigenvalue weighted by atomic mass is 35.5. The lowest BCUT2D eigenvalue weighted by molar-refractivity contribution is -0.0511. The van der Waals surface area contributed by atoms with Gasteiger partial charge in [-0.15, -0.1) is 0 Å². The fraction of sp³-hybridized carbons (Fsp3) is 0.733. The number of rotatable bonds is 2. The van der Waals surface area contributed by atoms with Crippen LogP contribution in [0.25, 0.3) is 0 Å². The second kappa shape index (κ2) is 4.85. The van der Waals surface area contributed by atoms with E-state index >= 15 is 0 Å². The van der Waals surface area contributed by atoms with Gasteiger partial charge in [-0.3, -0.25) is 0 Å². The van der Waals surface area contributed by atoms with Crippen molar-refractivity contribution in [2.45, 2.75) is 65.5 Å². The number of hydrogen-bond acceptors (Lipinski definition) is 4. The van der Waals surface area contributed by atoms with Gasteiger partial charge in [0.1, 0.15) is 16.8 Å². The summed E-state index contributed by atoms with van der Waals surface area (Å²) in [5.74, 6) is 1.51. The minimum atomic E-state index is -0.264. The molecule has 0 saturated heterocycles. The average molecular weight is 298 g/mol. The molecule has 1 heterocycles. The lowest BCUT2D eigenvalue weighted by Gasteiger charge is -2.49. The van der Waals surface area contributed by atoms with Crippen molar-refractivity contribution in [3.8, 4) is 0 Å². The van der Waals surface area contributed by atoms with E-state index in [1.54, 1.807) is 0 Å². The standard InChI is InChI=1S/C15H24ClN3O/c1-8-11(16)18-13(14(2,3)4)19-12(8)17-9-7-10(20)15(9,5)6/h9-10,20H,7H2,1-6H3,(H,17,18,19). The van der Waals surface area contributed by atoms with Crippen molar-refractivity contribution in [3.05, 3.63) is 16.5 Å². The third-order valence-electron chi connectivity index (χ3n) is 4.28. The van der Waals surface area contributed by atoms with Gasteiger partial charge >= 0.3 is 0 Å². The average Bonchev–Trinajstić information content (AvgIpc) is 2.32. The number of aliphatic hydroxyl groups excluding tert-OH is 1. The minimum Gasteiger partial charge on any atom is -0.392 e. The van der Waals surface area contributed by atoms with E-state index in [0.717, 1.165) is 23.6 Å². The Morgan fingerprint density at radius 3 is 2.35 bits per heavy atom. The summed E-state index contributed by atoms with van der Waals surface area (Å²) in [5, 5.41) is 13.7. The summed E-state index contributed by atoms with van der Waals surface area (Å²) in [4.78, 5) is 9.00. The van der Waals surface area contributed by atoms with Crippen LogP contribution >= 0.6 is 11.6 Å². The molecular weight excluding hydrogens is 274 g/mol. The molecule has 1 aromatic rings. The SMILES string of the molecule is Cc1c(Cl)nc(C(C)(C)C)nc1NC1CC(O)C1(C)C. The van der Waals surface area contributed by atoms with Crippen LogP contribution in [0.15, 0.2) is 0 Å². The quantitative estimate of drug-likeness (QED) is 0.822. The number of aromatic nitrogens is 2. The first-order chi connectivity index (χ1) is 9.03. The van der Waals surface area contributed by atoms with Gasteiger partial charge in [-0.1, -0.05) is 46.2 Å². The molecule has 2 N–H and O–H groups in total. The molecule has 1 aliphatic rings. The number of nitrogens with one attached hydrogen (secondary N) is 1. The van der Waals surface area contributed by atoms with Crippen LogP contribution in [0.1, 0.15) is 52.4 Å². The summed E-state index contributed by atoms with van der Waals surface area (Å²) >= 11 is 6.23. The maximum absolute atomic E-state index is 9.83. The lowest BCUT2D eigenvalue weighted by Crippen LogP contribution is -2.57. The van der Waals surface area contributed by atoms with Crippen molar-refractivity contribution < 1.29 is 5.11 Å². The van der Waals surface area contributed by atoms with Crippen molar-refractivity contribution in [3.63, 3.8) is 0 Å². The lowest BCUT2D eigenvalue weighted by atomic mass is 9.64. The first-order valence-corrected chi connectivity index (χ1v) is 7.40. The summed E-state index contributed by atoms with van der Waals surface area (Å²) in [6.07, 6.45) is 0.471. The van der Waals surface area contributed by atoms with E-state index in [9.17, 15) is 5.11 Å². The van der Waals surface area contributed by atoms with E-state index in [0.29, 0.717) is 5.15 Å². The van der Waals surface area contributed by atoms with E-state index in [1.807, 2.05) is 6.92 Å². The fourth-order valence-corrected chi connectivity index (χ4v) is 2.45. The van der Waals surface area contributed by atoms with Crippen LogP contribution in [-0.2, 0) is 5.41 Å². The summed E-state index contributed by atoms with van der Waals surface area (Å²) in [5.41, 5.74) is 0.561. The van der Waals surface area contributed by atoms with Gasteiger partial charge in [-0.05, 0) is 13.3 Å². The first-order valence-electron chi connectivity index (χ1n) is 7.02. The van der Waals surface area contributed by atoms with Gasteiger partial charge in [0.25, 0.3) is 0 Å². The Balaban J connectivity index is 2.31. The molecule has 1 saturated carbocycles. The van der Waals surface area contributed by atoms with Gasteiger partial charge in [0.15, 0.2) is 0 Å². The predicted octanol–water partition coefficient (Wildman–Crippen LogP) is 3.31. The molecular formula is C15H24ClN3O. The maximum Gasteiger partial charge on any atom is 0.137 e. The van der Waals surface area contributed by atoms with Gasteiger partial charge in [0.05, 0.1) is 6.10 Å². The Bertz CT molecular complexity index is 523. The number of aliphatic hydroxyl groups is 1. The molecule has 0 aromatic carbocycles. The summed E-state index contributed by atoms with van der Waals surface area (Å²) < 4.78 is 0. The molecule has 0 radical (unpaired) electrons. The zero-order valence-corrected chi connectivity index (χ0v) is 13.8. The Hall–Kier alpha value is -0.870. The van der Waals surface area contributed by atoms with Crippen LogP contribution in [0.2, 0.25) is 5.15 Å². The Labute approximate surface area is 126 Å². The molecule has 0 aliphatic heterocycles. The Kier molecular flexibility index (Phi) is 3.76. The normalized spacial score (nSPS) is 25.2. The van der Waals surface area contributed by atoms with Gasteiger partial charge in [-0.2, -0.15) is 0 Å². The van der Waals surface area contributed by atoms with Crippen LogP contribution in [0.4, 0.5) is 5.82 Å². The molecule has 5 heteroatoms. The van der Waals surface area contributed by atoms with Gasteiger partial charge < -0.3 is 10.4 Å². The number of nitrogens with zero attached hydrogens (tertiary/aromatic N) is 2. The van der Waals surface area contributed by atoms with E-state index in [4.69, 9.17) is 11.6 Å². The minimum absolute atomic E-state index is 0.147. The smallest absolute Gasteiger partial charge is 0.137 e. The molecule has 2 unspecified atom stereocenters. The van der Waals surface area contributed by atoms with Gasteiger partial charge in [0, 0.05) is 22.4 Å². The Morgan fingerprint density at radius 1 is 1.30 bits per heavy atom. The third-order valence-corrected chi connectivity index (χ3v) is 4.65. The van der Waals surface area contributed by atoms with Crippen LogP contribution in [-0.4, -0.2) is 27.2 Å². The predicted molar refractivity (Wildman–Crippen MR) is 82.3 cm³/mol. The maximum atomic E-state index is 9.83. The third kappa shape index (κ3) is 2.63. The van der Waals surface area contributed by atoms with E-state index < -0.39 is 0 Å². The first kappa shape index (κ1) is 15.5. The molecule has 2 atom stereocenters. The summed E-state index contributed by atoms with van der Waals surface area (Å²) in [6, 6.07) is 0.204. The molecule has 1 aliphatic carbocycles. The van der Waals surface area contributed by atoms with Crippen molar-refractivity contribution in [1.82, 2.24) is 9.97 Å². The highest BCUT2D eigenvalue weighted by molar-refractivity contribution is 6.30. The highest BCUT2D eigenvalue weighted by Crippen LogP contribution is 2.42. The van der Waals surface area contributed by atoms with Crippen LogP contribution in [0, 0.1) is 12.3 Å². The molecule has 4 nitrogen and oxygen atoms in total. The van der Waals surface area contributed by atoms with Crippen molar-refractivity contribution in [2.24, 2.45) is 5.41 Å². The summed E-state index contributed by atoms with van der Waals surface area (Å²) in [7, 11) is 0. The van der Waals surface area contributed by atoms with Crippen molar-refractivity contribution in [2.75, 3.05) is 5.32 Å². The molecule has 112 valence electrons. The van der Waals surface area contributed by atoms with Crippen LogP contribution < -0.4 is 5.32 Å². The van der Waals surface area contributed by atoms with Crippen LogP contribution in [0.5, 0.6) is 0 Å². The monoisotopic (exact) mass is 297 g/mol. The summed E-state index contributed by atoms with van der Waals surface area (Å²) in [6.45, 7) is 12.2. The Morgan fingerprint density at radius 2 is 1.90 bits per heavy atom. The molecule has 1 fully saturated rings. The molecule has 0 spiro atoms. The van der Waals surface area contributed by atoms with Crippen molar-refractivity contribution >= 4 is 17.4 Å². The zero-order valence-electron chi connectivity index (χ0n) is 13.1.